The molecule has 0 fully saturated rings. The highest BCUT2D eigenvalue weighted by Crippen LogP contribution is 2.34. The number of ether oxygens (including phenoxy) is 2. The number of methoxy groups -OCH3 is 1. The van der Waals surface area contributed by atoms with Gasteiger partial charge in [-0.3, -0.25) is 9.59 Å². The molecule has 0 aliphatic heterocycles. The number of benzene rings is 1. The van der Waals surface area contributed by atoms with Crippen molar-refractivity contribution in [3.63, 3.8) is 0 Å². The maximum Gasteiger partial charge on any atom is 0.319 e. The Balaban J connectivity index is 2.62. The van der Waals surface area contributed by atoms with Crippen molar-refractivity contribution in [3.05, 3.63) is 74.0 Å². The van der Waals surface area contributed by atoms with Crippen LogP contribution < -0.4 is 21.1 Å². The molecule has 0 spiro atoms. The lowest BCUT2D eigenvalue weighted by Gasteiger charge is -2.18. The highest BCUT2D eigenvalue weighted by molar-refractivity contribution is 5.98. The Morgan fingerprint density at radius 1 is 1.11 bits per heavy atom. The fourth-order valence-corrected chi connectivity index (χ4v) is 3.03. The van der Waals surface area contributed by atoms with E-state index in [2.05, 4.69) is 35.4 Å². The summed E-state index contributed by atoms with van der Waals surface area (Å²) < 4.78 is 10.6. The van der Waals surface area contributed by atoms with Crippen molar-refractivity contribution in [2.45, 2.75) is 26.3 Å². The summed E-state index contributed by atoms with van der Waals surface area (Å²) in [6.07, 6.45) is 5.24. The van der Waals surface area contributed by atoms with Crippen molar-refractivity contribution in [3.8, 4) is 17.0 Å². The number of amides is 1. The number of anilines is 2. The molecule has 0 radical (unpaired) electrons. The fraction of sp³-hybridized carbons (Fsp3) is 0.296. The molecule has 0 aliphatic carbocycles. The molecule has 2 aromatic rings. The second kappa shape index (κ2) is 13.2. The van der Waals surface area contributed by atoms with E-state index in [-0.39, 0.29) is 11.8 Å². The van der Waals surface area contributed by atoms with Gasteiger partial charge in [-0.25, -0.2) is 4.98 Å². The molecular weight excluding hydrogens is 444 g/mol. The minimum absolute atomic E-state index is 0.106. The molecule has 3 atom stereocenters. The van der Waals surface area contributed by atoms with Gasteiger partial charge >= 0.3 is 5.97 Å². The van der Waals surface area contributed by atoms with E-state index in [4.69, 9.17) is 15.2 Å². The number of carbonyl (C=O) groups excluding carboxylic acids is 2. The fourth-order valence-electron chi connectivity index (χ4n) is 3.03. The molecular formula is C27H34N4O4. The number of rotatable bonds is 13. The quantitative estimate of drug-likeness (QED) is 0.215. The Bertz CT molecular complexity index is 1080. The second-order valence-electron chi connectivity index (χ2n) is 8.08. The minimum Gasteiger partial charge on any atom is -0.407 e. The highest BCUT2D eigenvalue weighted by atomic mass is 16.5. The third kappa shape index (κ3) is 7.63. The molecule has 1 aromatic heterocycles. The van der Waals surface area contributed by atoms with Crippen LogP contribution in [0.25, 0.3) is 11.1 Å². The number of nitrogens with one attached hydrogen (secondary N) is 2. The normalized spacial score (nSPS) is 13.1. The van der Waals surface area contributed by atoms with Gasteiger partial charge in [0.15, 0.2) is 0 Å². The molecule has 8 nitrogen and oxygen atoms in total. The molecule has 0 aliphatic rings. The van der Waals surface area contributed by atoms with Gasteiger partial charge in [0, 0.05) is 24.4 Å². The van der Waals surface area contributed by atoms with Gasteiger partial charge < -0.3 is 25.8 Å². The first-order chi connectivity index (χ1) is 16.7. The summed E-state index contributed by atoms with van der Waals surface area (Å²) in [6, 6.07) is 8.51. The van der Waals surface area contributed by atoms with Crippen LogP contribution in [0.4, 0.5) is 11.4 Å². The van der Waals surface area contributed by atoms with Crippen LogP contribution in [-0.4, -0.2) is 30.7 Å². The summed E-state index contributed by atoms with van der Waals surface area (Å²) in [4.78, 5) is 29.5. The topological polar surface area (TPSA) is 116 Å². The average molecular weight is 479 g/mol. The van der Waals surface area contributed by atoms with E-state index in [1.807, 2.05) is 18.2 Å². The average Bonchev–Trinajstić information content (AvgIpc) is 2.86. The summed E-state index contributed by atoms with van der Waals surface area (Å²) in [7, 11) is 1.58. The Hall–Kier alpha value is -3.75. The zero-order valence-electron chi connectivity index (χ0n) is 20.5. The number of aromatic nitrogens is 1. The van der Waals surface area contributed by atoms with Crippen molar-refractivity contribution < 1.29 is 19.1 Å². The van der Waals surface area contributed by atoms with Crippen LogP contribution in [0.2, 0.25) is 0 Å². The molecule has 35 heavy (non-hydrogen) atoms. The Labute approximate surface area is 206 Å². The van der Waals surface area contributed by atoms with Gasteiger partial charge in [0.25, 0.3) is 0 Å². The SMILES string of the molecule is C=CCC(N)c1cc(-c2ccc(NCOC)cc2NC(=O)C(C)C=C)cc(OC(=O)C(C)C=C)n1. The smallest absolute Gasteiger partial charge is 0.319 e. The molecule has 0 saturated carbocycles. The van der Waals surface area contributed by atoms with Crippen molar-refractivity contribution in [2.75, 3.05) is 24.5 Å². The first-order valence-electron chi connectivity index (χ1n) is 11.3. The van der Waals surface area contributed by atoms with E-state index in [9.17, 15) is 9.59 Å². The van der Waals surface area contributed by atoms with Gasteiger partial charge in [-0.2, -0.15) is 0 Å². The number of hydrogen-bond donors (Lipinski definition) is 3. The summed E-state index contributed by atoms with van der Waals surface area (Å²) >= 11 is 0. The van der Waals surface area contributed by atoms with Gasteiger partial charge in [0.2, 0.25) is 11.8 Å². The number of hydrogen-bond acceptors (Lipinski definition) is 7. The number of esters is 1. The van der Waals surface area contributed by atoms with Crippen molar-refractivity contribution in [2.24, 2.45) is 17.6 Å². The van der Waals surface area contributed by atoms with Gasteiger partial charge in [0.1, 0.15) is 6.73 Å². The maximum atomic E-state index is 12.7. The lowest BCUT2D eigenvalue weighted by molar-refractivity contribution is -0.137. The number of pyridine rings is 1. The summed E-state index contributed by atoms with van der Waals surface area (Å²) in [5.74, 6) is -1.50. The molecule has 0 bridgehead atoms. The van der Waals surface area contributed by atoms with Crippen molar-refractivity contribution >= 4 is 23.3 Å². The lowest BCUT2D eigenvalue weighted by Crippen LogP contribution is -2.19. The van der Waals surface area contributed by atoms with Crippen LogP contribution in [0.5, 0.6) is 5.88 Å². The summed E-state index contributed by atoms with van der Waals surface area (Å²) in [5, 5.41) is 6.07. The standard InChI is InChI=1S/C27H34N4O4/c1-7-10-22(28)24-13-19(14-25(30-24)35-27(33)18(5)9-3)21-12-11-20(29-16-34-6)15-23(21)31-26(32)17(4)8-2/h7-9,11-15,17-18,22,29H,1-3,10,16,28H2,4-6H3,(H,31,32). The van der Waals surface area contributed by atoms with E-state index in [0.29, 0.717) is 35.7 Å². The lowest BCUT2D eigenvalue weighted by atomic mass is 10.00. The van der Waals surface area contributed by atoms with E-state index < -0.39 is 23.8 Å². The van der Waals surface area contributed by atoms with Gasteiger partial charge in [-0.05, 0) is 37.1 Å². The number of nitrogens with zero attached hydrogens (tertiary/aromatic N) is 1. The minimum atomic E-state index is -0.507. The van der Waals surface area contributed by atoms with Crippen LogP contribution in [-0.2, 0) is 14.3 Å². The molecule has 1 amide bonds. The third-order valence-corrected chi connectivity index (χ3v) is 5.33. The van der Waals surface area contributed by atoms with Crippen LogP contribution in [0.1, 0.15) is 32.0 Å². The maximum absolute atomic E-state index is 12.7. The molecule has 4 N–H and O–H groups in total. The van der Waals surface area contributed by atoms with E-state index in [1.165, 1.54) is 6.08 Å². The Morgan fingerprint density at radius 2 is 1.83 bits per heavy atom. The van der Waals surface area contributed by atoms with Gasteiger partial charge in [-0.1, -0.05) is 31.2 Å². The van der Waals surface area contributed by atoms with Crippen molar-refractivity contribution in [1.29, 1.82) is 0 Å². The Morgan fingerprint density at radius 3 is 2.46 bits per heavy atom. The largest absolute Gasteiger partial charge is 0.407 e. The van der Waals surface area contributed by atoms with Crippen molar-refractivity contribution in [1.82, 2.24) is 4.98 Å². The first kappa shape index (κ1) is 27.5. The van der Waals surface area contributed by atoms with Gasteiger partial charge in [-0.15, -0.1) is 19.7 Å². The van der Waals surface area contributed by atoms with Crippen LogP contribution in [0, 0.1) is 11.8 Å². The molecule has 2 rings (SSSR count). The van der Waals surface area contributed by atoms with Crippen LogP contribution in [0.3, 0.4) is 0 Å². The Kier molecular flexibility index (Phi) is 10.4. The molecule has 8 heteroatoms. The molecule has 186 valence electrons. The highest BCUT2D eigenvalue weighted by Gasteiger charge is 2.19. The molecule has 0 saturated heterocycles. The number of carbonyl (C=O) groups is 2. The molecule has 1 aromatic carbocycles. The second-order valence-corrected chi connectivity index (χ2v) is 8.08. The first-order valence-corrected chi connectivity index (χ1v) is 11.3. The van der Waals surface area contributed by atoms with Crippen LogP contribution in [0.15, 0.2) is 68.3 Å². The number of nitrogens with two attached hydrogens (primary N) is 1. The summed E-state index contributed by atoms with van der Waals surface area (Å²) in [5.41, 5.74) is 9.49. The van der Waals surface area contributed by atoms with E-state index in [0.717, 1.165) is 5.69 Å². The molecule has 1 heterocycles. The monoisotopic (exact) mass is 478 g/mol. The zero-order valence-corrected chi connectivity index (χ0v) is 20.5. The van der Waals surface area contributed by atoms with Crippen LogP contribution >= 0.6 is 0 Å². The summed E-state index contributed by atoms with van der Waals surface area (Å²) in [6.45, 7) is 14.8. The third-order valence-electron chi connectivity index (χ3n) is 5.33. The van der Waals surface area contributed by atoms with E-state index in [1.54, 1.807) is 45.2 Å². The zero-order chi connectivity index (χ0) is 26.0. The van der Waals surface area contributed by atoms with E-state index >= 15 is 0 Å². The van der Waals surface area contributed by atoms with Gasteiger partial charge in [0.05, 0.1) is 29.3 Å². The predicted molar refractivity (Wildman–Crippen MR) is 140 cm³/mol. The molecule has 3 unspecified atom stereocenters. The predicted octanol–water partition coefficient (Wildman–Crippen LogP) is 4.83.